The Labute approximate surface area is 150 Å². The van der Waals surface area contributed by atoms with E-state index in [2.05, 4.69) is 29.7 Å². The van der Waals surface area contributed by atoms with Crippen molar-refractivity contribution >= 4 is 29.4 Å². The van der Waals surface area contributed by atoms with Gasteiger partial charge in [-0.15, -0.1) is 0 Å². The molecule has 0 spiro atoms. The van der Waals surface area contributed by atoms with Gasteiger partial charge in [-0.2, -0.15) is 5.10 Å². The highest BCUT2D eigenvalue weighted by Crippen LogP contribution is 2.17. The van der Waals surface area contributed by atoms with Crippen LogP contribution in [0.5, 0.6) is 0 Å². The highest BCUT2D eigenvalue weighted by molar-refractivity contribution is 6.39. The van der Waals surface area contributed by atoms with E-state index in [-0.39, 0.29) is 5.69 Å². The van der Waals surface area contributed by atoms with Crippen LogP contribution in [-0.4, -0.2) is 23.0 Å². The fraction of sp³-hybridized carbons (Fsp3) is 0.167. The lowest BCUT2D eigenvalue weighted by Crippen LogP contribution is -2.32. The summed E-state index contributed by atoms with van der Waals surface area (Å²) in [6, 6.07) is 12.8. The Hall–Kier alpha value is -3.55. The average Bonchev–Trinajstić information content (AvgIpc) is 2.62. The van der Waals surface area contributed by atoms with Gasteiger partial charge in [0.2, 0.25) is 0 Å². The molecule has 26 heavy (non-hydrogen) atoms. The second-order valence-corrected chi connectivity index (χ2v) is 5.78. The summed E-state index contributed by atoms with van der Waals surface area (Å²) in [5.74, 6) is -1.39. The number of hydrogen-bond donors (Lipinski definition) is 2. The number of non-ortho nitro benzene ring substituents is 1. The van der Waals surface area contributed by atoms with Crippen LogP contribution in [0, 0.1) is 10.1 Å². The number of nitro groups is 1. The predicted octanol–water partition coefficient (Wildman–Crippen LogP) is 2.81. The molecule has 0 saturated carbocycles. The average molecular weight is 354 g/mol. The van der Waals surface area contributed by atoms with Crippen LogP contribution in [0.2, 0.25) is 0 Å². The third-order valence-corrected chi connectivity index (χ3v) is 3.53. The summed E-state index contributed by atoms with van der Waals surface area (Å²) >= 11 is 0. The van der Waals surface area contributed by atoms with Gasteiger partial charge in [0.25, 0.3) is 5.69 Å². The van der Waals surface area contributed by atoms with Gasteiger partial charge in [-0.05, 0) is 41.3 Å². The lowest BCUT2D eigenvalue weighted by atomic mass is 10.0. The van der Waals surface area contributed by atoms with Crippen molar-refractivity contribution in [1.82, 2.24) is 5.43 Å². The minimum atomic E-state index is -0.920. The Morgan fingerprint density at radius 1 is 1.04 bits per heavy atom. The first-order valence-electron chi connectivity index (χ1n) is 7.85. The van der Waals surface area contributed by atoms with Crippen LogP contribution in [0.15, 0.2) is 53.6 Å². The molecule has 0 aliphatic carbocycles. The second kappa shape index (κ2) is 8.52. The highest BCUT2D eigenvalue weighted by Gasteiger charge is 2.13. The maximum absolute atomic E-state index is 11.8. The molecule has 134 valence electrons. The van der Waals surface area contributed by atoms with Gasteiger partial charge in [0.05, 0.1) is 11.1 Å². The molecule has 2 aromatic rings. The first-order chi connectivity index (χ1) is 12.4. The van der Waals surface area contributed by atoms with Crippen molar-refractivity contribution in [1.29, 1.82) is 0 Å². The van der Waals surface area contributed by atoms with Crippen LogP contribution < -0.4 is 10.7 Å². The molecule has 0 radical (unpaired) electrons. The SMILES string of the molecule is CC(C)c1ccc(NC(=O)C(=O)N/N=C\c2ccc([N+](=O)[O-])cc2)cc1. The van der Waals surface area contributed by atoms with E-state index in [0.717, 1.165) is 5.56 Å². The molecule has 8 heteroatoms. The van der Waals surface area contributed by atoms with Crippen LogP contribution in [0.4, 0.5) is 11.4 Å². The molecule has 8 nitrogen and oxygen atoms in total. The van der Waals surface area contributed by atoms with E-state index in [0.29, 0.717) is 17.2 Å². The largest absolute Gasteiger partial charge is 0.329 e. The fourth-order valence-electron chi connectivity index (χ4n) is 2.04. The van der Waals surface area contributed by atoms with Gasteiger partial charge in [-0.3, -0.25) is 19.7 Å². The first-order valence-corrected chi connectivity index (χ1v) is 7.85. The molecule has 0 atom stereocenters. The minimum Gasteiger partial charge on any atom is -0.318 e. The number of carbonyl (C=O) groups is 2. The van der Waals surface area contributed by atoms with Crippen LogP contribution in [0.3, 0.4) is 0 Å². The van der Waals surface area contributed by atoms with Crippen molar-refractivity contribution in [3.8, 4) is 0 Å². The zero-order valence-corrected chi connectivity index (χ0v) is 14.3. The summed E-state index contributed by atoms with van der Waals surface area (Å²) < 4.78 is 0. The Morgan fingerprint density at radius 2 is 1.65 bits per heavy atom. The summed E-state index contributed by atoms with van der Waals surface area (Å²) in [5.41, 5.74) is 4.23. The van der Waals surface area contributed by atoms with Gasteiger partial charge >= 0.3 is 11.8 Å². The molecule has 0 fully saturated rings. The topological polar surface area (TPSA) is 114 Å². The maximum atomic E-state index is 11.8. The number of nitro benzene ring substituents is 1. The van der Waals surface area contributed by atoms with Crippen LogP contribution in [0.25, 0.3) is 0 Å². The quantitative estimate of drug-likeness (QED) is 0.372. The lowest BCUT2D eigenvalue weighted by molar-refractivity contribution is -0.384. The number of benzene rings is 2. The number of anilines is 1. The number of hydrazone groups is 1. The zero-order valence-electron chi connectivity index (χ0n) is 14.3. The molecule has 2 aromatic carbocycles. The third kappa shape index (κ3) is 5.23. The summed E-state index contributed by atoms with van der Waals surface area (Å²) in [4.78, 5) is 33.6. The maximum Gasteiger partial charge on any atom is 0.329 e. The molecule has 0 unspecified atom stereocenters. The zero-order chi connectivity index (χ0) is 19.1. The smallest absolute Gasteiger partial charge is 0.318 e. The van der Waals surface area contributed by atoms with Crippen molar-refractivity contribution < 1.29 is 14.5 Å². The number of amides is 2. The lowest BCUT2D eigenvalue weighted by Gasteiger charge is -2.07. The monoisotopic (exact) mass is 354 g/mol. The number of carbonyl (C=O) groups excluding carboxylic acids is 2. The van der Waals surface area contributed by atoms with E-state index in [1.165, 1.54) is 30.5 Å². The minimum absolute atomic E-state index is 0.0472. The normalized spacial score (nSPS) is 10.7. The molecular formula is C18H18N4O4. The van der Waals surface area contributed by atoms with Crippen molar-refractivity contribution in [3.63, 3.8) is 0 Å². The van der Waals surface area contributed by atoms with E-state index in [9.17, 15) is 19.7 Å². The van der Waals surface area contributed by atoms with Gasteiger partial charge in [0.1, 0.15) is 0 Å². The molecule has 0 aromatic heterocycles. The van der Waals surface area contributed by atoms with Crippen LogP contribution in [-0.2, 0) is 9.59 Å². The van der Waals surface area contributed by atoms with Gasteiger partial charge in [-0.25, -0.2) is 5.43 Å². The summed E-state index contributed by atoms with van der Waals surface area (Å²) in [6.45, 7) is 4.12. The summed E-state index contributed by atoms with van der Waals surface area (Å²) in [6.07, 6.45) is 1.28. The number of rotatable bonds is 5. The molecule has 0 aliphatic rings. The van der Waals surface area contributed by atoms with Crippen molar-refractivity contribution in [2.45, 2.75) is 19.8 Å². The van der Waals surface area contributed by atoms with Crippen molar-refractivity contribution in [2.24, 2.45) is 5.10 Å². The number of nitrogens with zero attached hydrogens (tertiary/aromatic N) is 2. The Balaban J connectivity index is 1.88. The molecule has 2 amide bonds. The summed E-state index contributed by atoms with van der Waals surface area (Å²) in [5, 5.41) is 16.7. The molecule has 0 saturated heterocycles. The molecule has 2 rings (SSSR count). The van der Waals surface area contributed by atoms with E-state index in [4.69, 9.17) is 0 Å². The molecule has 0 bridgehead atoms. The predicted molar refractivity (Wildman–Crippen MR) is 98.0 cm³/mol. The van der Waals surface area contributed by atoms with E-state index < -0.39 is 16.7 Å². The van der Waals surface area contributed by atoms with Crippen LogP contribution >= 0.6 is 0 Å². The molecule has 0 aliphatic heterocycles. The van der Waals surface area contributed by atoms with Gasteiger partial charge in [0.15, 0.2) is 0 Å². The van der Waals surface area contributed by atoms with E-state index in [1.807, 2.05) is 12.1 Å². The molecule has 2 N–H and O–H groups in total. The second-order valence-electron chi connectivity index (χ2n) is 5.78. The van der Waals surface area contributed by atoms with Gasteiger partial charge in [0, 0.05) is 17.8 Å². The van der Waals surface area contributed by atoms with Gasteiger partial charge in [-0.1, -0.05) is 26.0 Å². The Bertz CT molecular complexity index is 827. The molecule has 0 heterocycles. The highest BCUT2D eigenvalue weighted by atomic mass is 16.6. The Morgan fingerprint density at radius 3 is 2.19 bits per heavy atom. The first kappa shape index (κ1) is 18.8. The standard InChI is InChI=1S/C18H18N4O4/c1-12(2)14-5-7-15(8-6-14)20-17(23)18(24)21-19-11-13-3-9-16(10-4-13)22(25)26/h3-12H,1-2H3,(H,20,23)(H,21,24)/b19-11-. The third-order valence-electron chi connectivity index (χ3n) is 3.53. The number of nitrogens with one attached hydrogen (secondary N) is 2. The van der Waals surface area contributed by atoms with Gasteiger partial charge < -0.3 is 5.32 Å². The van der Waals surface area contributed by atoms with E-state index >= 15 is 0 Å². The number of hydrogen-bond acceptors (Lipinski definition) is 5. The Kier molecular flexibility index (Phi) is 6.15. The van der Waals surface area contributed by atoms with Crippen molar-refractivity contribution in [3.05, 3.63) is 69.8 Å². The fourth-order valence-corrected chi connectivity index (χ4v) is 2.04. The summed E-state index contributed by atoms with van der Waals surface area (Å²) in [7, 11) is 0. The van der Waals surface area contributed by atoms with Crippen molar-refractivity contribution in [2.75, 3.05) is 5.32 Å². The molecular weight excluding hydrogens is 336 g/mol. The van der Waals surface area contributed by atoms with E-state index in [1.54, 1.807) is 12.1 Å². The van der Waals surface area contributed by atoms with Crippen LogP contribution in [0.1, 0.15) is 30.9 Å².